The third-order valence-corrected chi connectivity index (χ3v) is 3.82. The minimum atomic E-state index is -3.40. The van der Waals surface area contributed by atoms with Gasteiger partial charge >= 0.3 is 0 Å². The summed E-state index contributed by atoms with van der Waals surface area (Å²) in [6.45, 7) is 0. The van der Waals surface area contributed by atoms with Gasteiger partial charge in [-0.3, -0.25) is 4.72 Å². The van der Waals surface area contributed by atoms with Gasteiger partial charge in [-0.15, -0.1) is 0 Å². The smallest absolute Gasteiger partial charge is 0.236 e. The molecule has 0 aliphatic carbocycles. The van der Waals surface area contributed by atoms with Crippen LogP contribution >= 0.6 is 0 Å². The molecular weight excluding hydrogens is 262 g/mol. The standard InChI is InChI=1S/C14H15NO3S/c1-18-14-9-7-12(8-10-14)11-19(16,17)15-13-5-3-2-4-6-13/h2-10,15H,11H2,1H3. The molecule has 2 rings (SSSR count). The van der Waals surface area contributed by atoms with Crippen molar-refractivity contribution >= 4 is 15.7 Å². The van der Waals surface area contributed by atoms with Crippen LogP contribution in [0.2, 0.25) is 0 Å². The van der Waals surface area contributed by atoms with Gasteiger partial charge in [-0.05, 0) is 29.8 Å². The molecule has 0 radical (unpaired) electrons. The van der Waals surface area contributed by atoms with Crippen LogP contribution in [0.4, 0.5) is 5.69 Å². The summed E-state index contributed by atoms with van der Waals surface area (Å²) >= 11 is 0. The number of hydrogen-bond acceptors (Lipinski definition) is 3. The molecule has 0 aromatic heterocycles. The highest BCUT2D eigenvalue weighted by Crippen LogP contribution is 2.15. The molecule has 0 spiro atoms. The first-order chi connectivity index (χ1) is 9.09. The molecule has 0 atom stereocenters. The molecule has 0 aliphatic heterocycles. The largest absolute Gasteiger partial charge is 0.497 e. The van der Waals surface area contributed by atoms with E-state index in [0.717, 1.165) is 0 Å². The second-order valence-electron chi connectivity index (χ2n) is 4.08. The Morgan fingerprint density at radius 1 is 1.00 bits per heavy atom. The lowest BCUT2D eigenvalue weighted by Crippen LogP contribution is -2.14. The number of benzene rings is 2. The second kappa shape index (κ2) is 5.75. The highest BCUT2D eigenvalue weighted by atomic mass is 32.2. The van der Waals surface area contributed by atoms with Gasteiger partial charge in [-0.2, -0.15) is 0 Å². The summed E-state index contributed by atoms with van der Waals surface area (Å²) in [4.78, 5) is 0. The van der Waals surface area contributed by atoms with E-state index in [1.807, 2.05) is 6.07 Å². The van der Waals surface area contributed by atoms with Crippen molar-refractivity contribution in [2.24, 2.45) is 0 Å². The van der Waals surface area contributed by atoms with Crippen molar-refractivity contribution < 1.29 is 13.2 Å². The number of para-hydroxylation sites is 1. The minimum Gasteiger partial charge on any atom is -0.497 e. The average molecular weight is 277 g/mol. The lowest BCUT2D eigenvalue weighted by atomic mass is 10.2. The molecule has 0 amide bonds. The Hall–Kier alpha value is -2.01. The van der Waals surface area contributed by atoms with Gasteiger partial charge in [0.2, 0.25) is 10.0 Å². The molecule has 0 fully saturated rings. The first-order valence-corrected chi connectivity index (χ1v) is 7.43. The number of anilines is 1. The van der Waals surface area contributed by atoms with Crippen molar-refractivity contribution in [1.82, 2.24) is 0 Å². The van der Waals surface area contributed by atoms with Crippen molar-refractivity contribution in [3.8, 4) is 5.75 Å². The van der Waals surface area contributed by atoms with E-state index in [1.165, 1.54) is 0 Å². The summed E-state index contributed by atoms with van der Waals surface area (Å²) in [6.07, 6.45) is 0. The maximum absolute atomic E-state index is 12.0. The van der Waals surface area contributed by atoms with Crippen LogP contribution in [-0.2, 0) is 15.8 Å². The van der Waals surface area contributed by atoms with Crippen LogP contribution in [0.25, 0.3) is 0 Å². The monoisotopic (exact) mass is 277 g/mol. The van der Waals surface area contributed by atoms with Crippen molar-refractivity contribution in [3.63, 3.8) is 0 Å². The van der Waals surface area contributed by atoms with E-state index in [0.29, 0.717) is 17.0 Å². The molecule has 0 heterocycles. The second-order valence-corrected chi connectivity index (χ2v) is 5.80. The van der Waals surface area contributed by atoms with Crippen LogP contribution in [0.3, 0.4) is 0 Å². The number of nitrogens with one attached hydrogen (secondary N) is 1. The Labute approximate surface area is 113 Å². The summed E-state index contributed by atoms with van der Waals surface area (Å²) in [5, 5.41) is 0. The summed E-state index contributed by atoms with van der Waals surface area (Å²) in [7, 11) is -1.83. The SMILES string of the molecule is COc1ccc(CS(=O)(=O)Nc2ccccc2)cc1. The zero-order valence-electron chi connectivity index (χ0n) is 10.5. The summed E-state index contributed by atoms with van der Waals surface area (Å²) in [5.41, 5.74) is 1.28. The Bertz CT molecular complexity index is 622. The lowest BCUT2D eigenvalue weighted by Gasteiger charge is -2.08. The molecule has 100 valence electrons. The highest BCUT2D eigenvalue weighted by molar-refractivity contribution is 7.91. The molecule has 0 aliphatic rings. The molecule has 2 aromatic carbocycles. The molecule has 19 heavy (non-hydrogen) atoms. The van der Waals surface area contributed by atoms with Gasteiger partial charge in [-0.1, -0.05) is 30.3 Å². The first-order valence-electron chi connectivity index (χ1n) is 5.77. The van der Waals surface area contributed by atoms with Crippen molar-refractivity contribution in [2.45, 2.75) is 5.75 Å². The topological polar surface area (TPSA) is 55.4 Å². The van der Waals surface area contributed by atoms with Crippen molar-refractivity contribution in [2.75, 3.05) is 11.8 Å². The Kier molecular flexibility index (Phi) is 4.06. The highest BCUT2D eigenvalue weighted by Gasteiger charge is 2.11. The van der Waals surface area contributed by atoms with Crippen LogP contribution in [0.5, 0.6) is 5.75 Å². The molecule has 0 unspecified atom stereocenters. The average Bonchev–Trinajstić information content (AvgIpc) is 2.39. The number of ether oxygens (including phenoxy) is 1. The Morgan fingerprint density at radius 2 is 1.63 bits per heavy atom. The van der Waals surface area contributed by atoms with Crippen molar-refractivity contribution in [1.29, 1.82) is 0 Å². The van der Waals surface area contributed by atoms with E-state index >= 15 is 0 Å². The quantitative estimate of drug-likeness (QED) is 0.914. The Morgan fingerprint density at radius 3 is 2.21 bits per heavy atom. The maximum atomic E-state index is 12.0. The lowest BCUT2D eigenvalue weighted by molar-refractivity contribution is 0.414. The van der Waals surface area contributed by atoms with E-state index < -0.39 is 10.0 Å². The van der Waals surface area contributed by atoms with Gasteiger partial charge in [0.15, 0.2) is 0 Å². The molecule has 0 saturated heterocycles. The third kappa shape index (κ3) is 3.99. The third-order valence-electron chi connectivity index (χ3n) is 2.56. The molecule has 4 nitrogen and oxygen atoms in total. The number of sulfonamides is 1. The predicted octanol–water partition coefficient (Wildman–Crippen LogP) is 2.64. The van der Waals surface area contributed by atoms with E-state index in [9.17, 15) is 8.42 Å². The van der Waals surface area contributed by atoms with E-state index in [2.05, 4.69) is 4.72 Å². The number of methoxy groups -OCH3 is 1. The summed E-state index contributed by atoms with van der Waals surface area (Å²) < 4.78 is 31.5. The molecule has 5 heteroatoms. The fraction of sp³-hybridized carbons (Fsp3) is 0.143. The van der Waals surface area contributed by atoms with Crippen molar-refractivity contribution in [3.05, 3.63) is 60.2 Å². The van der Waals surface area contributed by atoms with E-state index in [-0.39, 0.29) is 5.75 Å². The Balaban J connectivity index is 2.08. The van der Waals surface area contributed by atoms with Gasteiger partial charge in [0.05, 0.1) is 12.9 Å². The summed E-state index contributed by atoms with van der Waals surface area (Å²) in [5.74, 6) is 0.642. The zero-order chi connectivity index (χ0) is 13.7. The maximum Gasteiger partial charge on any atom is 0.236 e. The fourth-order valence-corrected chi connectivity index (χ4v) is 2.86. The molecule has 1 N–H and O–H groups in total. The van der Waals surface area contributed by atoms with Gasteiger partial charge in [-0.25, -0.2) is 8.42 Å². The van der Waals surface area contributed by atoms with E-state index in [1.54, 1.807) is 55.6 Å². The number of hydrogen-bond donors (Lipinski definition) is 1. The van der Waals surface area contributed by atoms with Gasteiger partial charge in [0.1, 0.15) is 5.75 Å². The minimum absolute atomic E-state index is 0.0636. The first kappa shape index (κ1) is 13.4. The zero-order valence-corrected chi connectivity index (χ0v) is 11.4. The van der Waals surface area contributed by atoms with Crippen LogP contribution in [0.1, 0.15) is 5.56 Å². The molecule has 0 bridgehead atoms. The van der Waals surface area contributed by atoms with E-state index in [4.69, 9.17) is 4.74 Å². The predicted molar refractivity (Wildman–Crippen MR) is 75.7 cm³/mol. The van der Waals surface area contributed by atoms with Crippen LogP contribution in [0.15, 0.2) is 54.6 Å². The van der Waals surface area contributed by atoms with Gasteiger partial charge in [0.25, 0.3) is 0 Å². The van der Waals surface area contributed by atoms with Gasteiger partial charge in [0, 0.05) is 5.69 Å². The molecule has 2 aromatic rings. The normalized spacial score (nSPS) is 11.0. The van der Waals surface area contributed by atoms with Crippen LogP contribution in [-0.4, -0.2) is 15.5 Å². The molecular formula is C14H15NO3S. The van der Waals surface area contributed by atoms with Gasteiger partial charge < -0.3 is 4.74 Å². The molecule has 0 saturated carbocycles. The van der Waals surface area contributed by atoms with Crippen LogP contribution in [0, 0.1) is 0 Å². The number of rotatable bonds is 5. The summed E-state index contributed by atoms with van der Waals surface area (Å²) in [6, 6.07) is 15.8. The fourth-order valence-electron chi connectivity index (χ4n) is 1.66. The van der Waals surface area contributed by atoms with Crippen LogP contribution < -0.4 is 9.46 Å².